The second kappa shape index (κ2) is 6.25. The molecule has 19 heavy (non-hydrogen) atoms. The van der Waals surface area contributed by atoms with Gasteiger partial charge in [0, 0.05) is 35.8 Å². The summed E-state index contributed by atoms with van der Waals surface area (Å²) in [5, 5.41) is 3.58. The molecule has 4 heteroatoms. The van der Waals surface area contributed by atoms with Crippen LogP contribution in [0.5, 0.6) is 0 Å². The molecule has 0 spiro atoms. The minimum absolute atomic E-state index is 0.529. The van der Waals surface area contributed by atoms with Gasteiger partial charge >= 0.3 is 0 Å². The van der Waals surface area contributed by atoms with Gasteiger partial charge in [-0.3, -0.25) is 0 Å². The Balaban J connectivity index is 2.23. The zero-order valence-electron chi connectivity index (χ0n) is 12.3. The predicted molar refractivity (Wildman–Crippen MR) is 86.0 cm³/mol. The van der Waals surface area contributed by atoms with E-state index < -0.39 is 0 Å². The number of piperazine rings is 1. The highest BCUT2D eigenvalue weighted by Crippen LogP contribution is 2.26. The van der Waals surface area contributed by atoms with E-state index in [1.807, 2.05) is 0 Å². The monoisotopic (exact) mass is 325 g/mol. The fourth-order valence-electron chi connectivity index (χ4n) is 2.62. The van der Waals surface area contributed by atoms with E-state index >= 15 is 0 Å². The van der Waals surface area contributed by atoms with Crippen LogP contribution in [-0.4, -0.2) is 50.7 Å². The van der Waals surface area contributed by atoms with Crippen LogP contribution in [0.1, 0.15) is 12.5 Å². The van der Waals surface area contributed by atoms with Gasteiger partial charge in [0.25, 0.3) is 0 Å². The number of rotatable bonds is 3. The molecule has 3 nitrogen and oxygen atoms in total. The lowest BCUT2D eigenvalue weighted by Crippen LogP contribution is -2.58. The molecule has 1 heterocycles. The molecule has 1 N–H and O–H groups in total. The summed E-state index contributed by atoms with van der Waals surface area (Å²) in [5.74, 6) is 0. The number of nitrogens with zero attached hydrogens (tertiary/aromatic N) is 2. The SMILES string of the molecule is Cc1ccc(N2CC(C)NCC2CN(C)C)cc1Br. The molecule has 1 aromatic carbocycles. The second-order valence-corrected chi connectivity index (χ2v) is 6.67. The molecule has 0 amide bonds. The smallest absolute Gasteiger partial charge is 0.0542 e. The van der Waals surface area contributed by atoms with Crippen LogP contribution in [0.2, 0.25) is 0 Å². The molecule has 0 bridgehead atoms. The Morgan fingerprint density at radius 1 is 1.42 bits per heavy atom. The number of hydrogen-bond acceptors (Lipinski definition) is 3. The maximum absolute atomic E-state index is 3.65. The van der Waals surface area contributed by atoms with E-state index in [1.54, 1.807) is 0 Å². The van der Waals surface area contributed by atoms with E-state index in [1.165, 1.54) is 15.7 Å². The molecule has 0 saturated carbocycles. The normalized spacial score (nSPS) is 24.0. The Morgan fingerprint density at radius 2 is 2.16 bits per heavy atom. The third-order valence-corrected chi connectivity index (χ3v) is 4.53. The largest absolute Gasteiger partial charge is 0.364 e. The summed E-state index contributed by atoms with van der Waals surface area (Å²) in [4.78, 5) is 4.80. The molecule has 0 aliphatic carbocycles. The molecular formula is C15H24BrN3. The van der Waals surface area contributed by atoms with Gasteiger partial charge < -0.3 is 15.1 Å². The quantitative estimate of drug-likeness (QED) is 0.921. The zero-order chi connectivity index (χ0) is 14.0. The Morgan fingerprint density at radius 3 is 2.79 bits per heavy atom. The van der Waals surface area contributed by atoms with Crippen LogP contribution in [0.3, 0.4) is 0 Å². The fourth-order valence-corrected chi connectivity index (χ4v) is 2.98. The number of aryl methyl sites for hydroxylation is 1. The van der Waals surface area contributed by atoms with Gasteiger partial charge in [-0.15, -0.1) is 0 Å². The predicted octanol–water partition coefficient (Wildman–Crippen LogP) is 2.49. The van der Waals surface area contributed by atoms with E-state index in [-0.39, 0.29) is 0 Å². The molecule has 0 aromatic heterocycles. The Hall–Kier alpha value is -0.580. The minimum atomic E-state index is 0.529. The van der Waals surface area contributed by atoms with Crippen molar-refractivity contribution in [2.75, 3.05) is 38.6 Å². The topological polar surface area (TPSA) is 18.5 Å². The van der Waals surface area contributed by atoms with Gasteiger partial charge in [-0.2, -0.15) is 0 Å². The van der Waals surface area contributed by atoms with Crippen molar-refractivity contribution in [1.82, 2.24) is 10.2 Å². The zero-order valence-corrected chi connectivity index (χ0v) is 13.9. The highest BCUT2D eigenvalue weighted by Gasteiger charge is 2.26. The van der Waals surface area contributed by atoms with Gasteiger partial charge in [0.1, 0.15) is 0 Å². The lowest BCUT2D eigenvalue weighted by atomic mass is 10.1. The molecular weight excluding hydrogens is 302 g/mol. The van der Waals surface area contributed by atoms with Crippen molar-refractivity contribution >= 4 is 21.6 Å². The van der Waals surface area contributed by atoms with Crippen molar-refractivity contribution in [3.8, 4) is 0 Å². The third-order valence-electron chi connectivity index (χ3n) is 3.68. The van der Waals surface area contributed by atoms with Crippen molar-refractivity contribution in [3.05, 3.63) is 28.2 Å². The van der Waals surface area contributed by atoms with E-state index in [0.29, 0.717) is 12.1 Å². The first-order chi connectivity index (χ1) is 8.97. The Kier molecular flexibility index (Phi) is 4.87. The van der Waals surface area contributed by atoms with Crippen LogP contribution < -0.4 is 10.2 Å². The number of nitrogens with one attached hydrogen (secondary N) is 1. The molecule has 1 saturated heterocycles. The van der Waals surface area contributed by atoms with Crippen molar-refractivity contribution in [2.45, 2.75) is 25.9 Å². The maximum atomic E-state index is 3.65. The first-order valence-corrected chi connectivity index (χ1v) is 7.67. The van der Waals surface area contributed by atoms with Crippen LogP contribution in [0.4, 0.5) is 5.69 Å². The van der Waals surface area contributed by atoms with Crippen LogP contribution in [0, 0.1) is 6.92 Å². The average molecular weight is 326 g/mol. The average Bonchev–Trinajstić information content (AvgIpc) is 2.34. The second-order valence-electron chi connectivity index (χ2n) is 5.81. The minimum Gasteiger partial charge on any atom is -0.364 e. The van der Waals surface area contributed by atoms with Gasteiger partial charge in [-0.05, 0) is 45.6 Å². The first-order valence-electron chi connectivity index (χ1n) is 6.88. The van der Waals surface area contributed by atoms with Crippen molar-refractivity contribution in [1.29, 1.82) is 0 Å². The highest BCUT2D eigenvalue weighted by molar-refractivity contribution is 9.10. The molecule has 2 unspecified atom stereocenters. The van der Waals surface area contributed by atoms with Crippen LogP contribution in [0.25, 0.3) is 0 Å². The maximum Gasteiger partial charge on any atom is 0.0542 e. The van der Waals surface area contributed by atoms with E-state index in [2.05, 4.69) is 77.2 Å². The fraction of sp³-hybridized carbons (Fsp3) is 0.600. The molecule has 2 rings (SSSR count). The van der Waals surface area contributed by atoms with E-state index in [9.17, 15) is 0 Å². The standard InChI is InChI=1S/C15H24BrN3/c1-11-5-6-13(7-15(11)16)19-9-12(2)17-8-14(19)10-18(3)4/h5-7,12,14,17H,8-10H2,1-4H3. The third kappa shape index (κ3) is 3.71. The summed E-state index contributed by atoms with van der Waals surface area (Å²) < 4.78 is 1.19. The van der Waals surface area contributed by atoms with Gasteiger partial charge in [-0.25, -0.2) is 0 Å². The summed E-state index contributed by atoms with van der Waals surface area (Å²) in [6, 6.07) is 7.75. The summed E-state index contributed by atoms with van der Waals surface area (Å²) in [6.45, 7) is 7.57. The van der Waals surface area contributed by atoms with Crippen LogP contribution in [-0.2, 0) is 0 Å². The Bertz CT molecular complexity index is 433. The highest BCUT2D eigenvalue weighted by atomic mass is 79.9. The van der Waals surface area contributed by atoms with Crippen LogP contribution >= 0.6 is 15.9 Å². The van der Waals surface area contributed by atoms with Gasteiger partial charge in [0.05, 0.1) is 6.04 Å². The summed E-state index contributed by atoms with van der Waals surface area (Å²) in [7, 11) is 4.28. The summed E-state index contributed by atoms with van der Waals surface area (Å²) in [5.41, 5.74) is 2.61. The number of halogens is 1. The van der Waals surface area contributed by atoms with Crippen molar-refractivity contribution in [2.24, 2.45) is 0 Å². The number of benzene rings is 1. The summed E-state index contributed by atoms with van der Waals surface area (Å²) >= 11 is 3.65. The molecule has 2 atom stereocenters. The van der Waals surface area contributed by atoms with Gasteiger partial charge in [0.15, 0.2) is 0 Å². The lowest BCUT2D eigenvalue weighted by Gasteiger charge is -2.42. The van der Waals surface area contributed by atoms with Gasteiger partial charge in [0.2, 0.25) is 0 Å². The van der Waals surface area contributed by atoms with Crippen molar-refractivity contribution < 1.29 is 0 Å². The van der Waals surface area contributed by atoms with E-state index in [4.69, 9.17) is 0 Å². The number of hydrogen-bond donors (Lipinski definition) is 1. The molecule has 1 aliphatic rings. The van der Waals surface area contributed by atoms with Crippen LogP contribution in [0.15, 0.2) is 22.7 Å². The molecule has 0 radical (unpaired) electrons. The number of anilines is 1. The molecule has 1 aliphatic heterocycles. The van der Waals surface area contributed by atoms with E-state index in [0.717, 1.165) is 19.6 Å². The number of likely N-dealkylation sites (N-methyl/N-ethyl adjacent to an activating group) is 1. The van der Waals surface area contributed by atoms with Crippen molar-refractivity contribution in [3.63, 3.8) is 0 Å². The summed E-state index contributed by atoms with van der Waals surface area (Å²) in [6.07, 6.45) is 0. The van der Waals surface area contributed by atoms with Gasteiger partial charge in [-0.1, -0.05) is 22.0 Å². The lowest BCUT2D eigenvalue weighted by molar-refractivity contribution is 0.317. The molecule has 1 fully saturated rings. The molecule has 106 valence electrons. The first kappa shape index (κ1) is 14.8. The Labute approximate surface area is 125 Å². The molecule has 1 aromatic rings.